The molecule has 10 heavy (non-hydrogen) atoms. The second kappa shape index (κ2) is 18.2. The number of halogens is 1. The van der Waals surface area contributed by atoms with Gasteiger partial charge in [0.1, 0.15) is 0 Å². The largest absolute Gasteiger partial charge is 1.00 e. The molecule has 0 spiro atoms. The molecule has 46 valence electrons. The van der Waals surface area contributed by atoms with E-state index in [2.05, 4.69) is 11.9 Å². The average molecular weight is 216 g/mol. The molecule has 0 aromatic carbocycles. The average Bonchev–Trinajstić information content (AvgIpc) is 1.36. The van der Waals surface area contributed by atoms with Crippen molar-refractivity contribution in [1.82, 2.24) is 0 Å². The maximum Gasteiger partial charge on any atom is 1.00 e. The van der Waals surface area contributed by atoms with Crippen molar-refractivity contribution in [3.8, 4) is 0 Å². The first-order chi connectivity index (χ1) is 3.00. The van der Waals surface area contributed by atoms with Crippen LogP contribution in [0.2, 0.25) is 0 Å². The quantitative estimate of drug-likeness (QED) is 0.320. The van der Waals surface area contributed by atoms with Crippen LogP contribution in [0.3, 0.4) is 0 Å². The smallest absolute Gasteiger partial charge is 0.822 e. The van der Waals surface area contributed by atoms with Gasteiger partial charge in [-0.3, -0.25) is 4.66 Å². The monoisotopic (exact) mass is 216 g/mol. The van der Waals surface area contributed by atoms with Crippen LogP contribution < -0.4 is 103 Å². The van der Waals surface area contributed by atoms with E-state index in [0.29, 0.717) is 0 Å². The van der Waals surface area contributed by atoms with Crippen molar-refractivity contribution in [2.75, 3.05) is 0 Å². The summed E-state index contributed by atoms with van der Waals surface area (Å²) >= 11 is 3.64. The van der Waals surface area contributed by atoms with Crippen LogP contribution in [0.4, 0.5) is 0 Å². The van der Waals surface area contributed by atoms with Crippen molar-refractivity contribution in [3.05, 3.63) is 0 Å². The van der Waals surface area contributed by atoms with Gasteiger partial charge in [-0.15, -0.1) is 0 Å². The molecule has 0 atom stereocenters. The SMILES string of the molecule is O=P([O-])([O-])[O-].OCl.[Na+].[Na+].[Na+]. The van der Waals surface area contributed by atoms with E-state index in [1.54, 1.807) is 0 Å². The van der Waals surface area contributed by atoms with E-state index in [1.165, 1.54) is 0 Å². The Bertz CT molecular complexity index is 63.0. The van der Waals surface area contributed by atoms with Crippen molar-refractivity contribution >= 4 is 19.7 Å². The topological polar surface area (TPSA) is 106 Å². The molecule has 0 bridgehead atoms. The van der Waals surface area contributed by atoms with Gasteiger partial charge in [0.2, 0.25) is 0 Å². The molecule has 0 saturated heterocycles. The van der Waals surface area contributed by atoms with Gasteiger partial charge in [-0.1, -0.05) is 0 Å². The minimum atomic E-state index is -5.39. The van der Waals surface area contributed by atoms with Crippen LogP contribution in [-0.4, -0.2) is 4.66 Å². The molecule has 0 aliphatic heterocycles. The van der Waals surface area contributed by atoms with Crippen LogP contribution in [-0.2, 0) is 4.57 Å². The van der Waals surface area contributed by atoms with Crippen LogP contribution in [0, 0.1) is 0 Å². The Morgan fingerprint density at radius 3 is 1.00 bits per heavy atom. The number of rotatable bonds is 0. The predicted molar refractivity (Wildman–Crippen MR) is 15.7 cm³/mol. The summed E-state index contributed by atoms with van der Waals surface area (Å²) in [6.45, 7) is 0. The molecule has 0 saturated carbocycles. The fraction of sp³-hybridized carbons (Fsp3) is 0. The van der Waals surface area contributed by atoms with Gasteiger partial charge in [-0.05, 0) is 0 Å². The summed E-state index contributed by atoms with van der Waals surface area (Å²) in [5.41, 5.74) is 0. The third-order valence-electron chi connectivity index (χ3n) is 0. The minimum absolute atomic E-state index is 0. The van der Waals surface area contributed by atoms with Crippen molar-refractivity contribution in [1.29, 1.82) is 0 Å². The van der Waals surface area contributed by atoms with Crippen molar-refractivity contribution in [3.63, 3.8) is 0 Å². The molecule has 0 rings (SSSR count). The van der Waals surface area contributed by atoms with Crippen molar-refractivity contribution < 1.29 is 113 Å². The van der Waals surface area contributed by atoms with Gasteiger partial charge in [-0.2, -0.15) is 7.82 Å². The molecule has 0 aromatic rings. The summed E-state index contributed by atoms with van der Waals surface area (Å²) < 4.78 is 15.0. The van der Waals surface area contributed by atoms with E-state index in [-0.39, 0.29) is 88.7 Å². The molecule has 0 heterocycles. The molecule has 0 radical (unpaired) electrons. The van der Waals surface area contributed by atoms with Crippen LogP contribution in [0.25, 0.3) is 0 Å². The van der Waals surface area contributed by atoms with E-state index >= 15 is 0 Å². The zero-order valence-electron chi connectivity index (χ0n) is 5.91. The normalized spacial score (nSPS) is 6.50. The molecule has 10 heteroatoms. The first-order valence-corrected chi connectivity index (χ1v) is 2.70. The summed E-state index contributed by atoms with van der Waals surface area (Å²) in [5, 5.41) is 0. The van der Waals surface area contributed by atoms with Gasteiger partial charge >= 0.3 is 88.7 Å². The maximum atomic E-state index is 8.55. The van der Waals surface area contributed by atoms with E-state index in [0.717, 1.165) is 0 Å². The third-order valence-corrected chi connectivity index (χ3v) is 0. The molecule has 1 N–H and O–H groups in total. The summed E-state index contributed by atoms with van der Waals surface area (Å²) in [5.74, 6) is 0. The zero-order chi connectivity index (χ0) is 6.50. The summed E-state index contributed by atoms with van der Waals surface area (Å²) in [4.78, 5) is 25.6. The summed E-state index contributed by atoms with van der Waals surface area (Å²) in [6, 6.07) is 0. The van der Waals surface area contributed by atoms with Crippen LogP contribution in [0.5, 0.6) is 0 Å². The van der Waals surface area contributed by atoms with Gasteiger partial charge in [0.15, 0.2) is 0 Å². The van der Waals surface area contributed by atoms with Crippen LogP contribution in [0.1, 0.15) is 0 Å². The Labute approximate surface area is 130 Å². The maximum absolute atomic E-state index is 8.55. The van der Waals surface area contributed by atoms with E-state index in [4.69, 9.17) is 23.9 Å². The zero-order valence-corrected chi connectivity index (χ0v) is 13.6. The first kappa shape index (κ1) is 29.2. The fourth-order valence-electron chi connectivity index (χ4n) is 0. The van der Waals surface area contributed by atoms with E-state index in [9.17, 15) is 0 Å². The molecular weight excluding hydrogens is 215 g/mol. The molecule has 0 amide bonds. The first-order valence-electron chi connectivity index (χ1n) is 0.899. The van der Waals surface area contributed by atoms with Crippen LogP contribution in [0.15, 0.2) is 0 Å². The predicted octanol–water partition coefficient (Wildman–Crippen LogP) is -11.7. The van der Waals surface area contributed by atoms with Gasteiger partial charge in [-0.25, -0.2) is 0 Å². The van der Waals surface area contributed by atoms with Crippen molar-refractivity contribution in [2.45, 2.75) is 0 Å². The second-order valence-corrected chi connectivity index (χ2v) is 1.34. The minimum Gasteiger partial charge on any atom is -0.822 e. The summed E-state index contributed by atoms with van der Waals surface area (Å²) in [6.07, 6.45) is 0. The molecule has 5 nitrogen and oxygen atoms in total. The Hall–Kier alpha value is 3.36. The molecular formula is HClNa3O5P. The Kier molecular flexibility index (Phi) is 53.2. The Morgan fingerprint density at radius 2 is 1.00 bits per heavy atom. The number of phosphoric acid groups is 1. The second-order valence-electron chi connectivity index (χ2n) is 0.447. The fourth-order valence-corrected chi connectivity index (χ4v) is 0. The standard InChI is InChI=1S/ClHO.3Na.H3O4P/c1-2;;;;1-5(2,3)4/h2H;;;;(H3,1,2,3,4)/q;3*+1;/p-3. The van der Waals surface area contributed by atoms with Gasteiger partial charge in [0.25, 0.3) is 0 Å². The van der Waals surface area contributed by atoms with Gasteiger partial charge in [0, 0.05) is 0 Å². The Morgan fingerprint density at radius 1 is 1.00 bits per heavy atom. The molecule has 0 fully saturated rings. The third kappa shape index (κ3) is 108. The molecule has 0 aliphatic rings. The number of hydrogen-bond acceptors (Lipinski definition) is 5. The molecule has 0 aromatic heterocycles. The number of hydrogen-bond donors (Lipinski definition) is 1. The van der Waals surface area contributed by atoms with Crippen LogP contribution >= 0.6 is 19.7 Å². The van der Waals surface area contributed by atoms with E-state index < -0.39 is 7.82 Å². The molecule has 0 aliphatic carbocycles. The van der Waals surface area contributed by atoms with Gasteiger partial charge < -0.3 is 19.2 Å². The van der Waals surface area contributed by atoms with Crippen molar-refractivity contribution in [2.24, 2.45) is 0 Å². The Balaban J connectivity index is -0.0000000154. The van der Waals surface area contributed by atoms with Gasteiger partial charge in [0.05, 0.1) is 11.9 Å². The molecule has 0 unspecified atom stereocenters. The summed E-state index contributed by atoms with van der Waals surface area (Å²) in [7, 11) is -5.39. The van der Waals surface area contributed by atoms with E-state index in [1.807, 2.05) is 0 Å².